The first-order valence-corrected chi connectivity index (χ1v) is 10.3. The molecule has 28 heavy (non-hydrogen) atoms. The normalized spacial score (nSPS) is 10.3. The molecule has 0 aliphatic rings. The first kappa shape index (κ1) is 22.3. The summed E-state index contributed by atoms with van der Waals surface area (Å²) in [6, 6.07) is 12.9. The molecule has 0 amide bonds. The van der Waals surface area contributed by atoms with Gasteiger partial charge in [0.1, 0.15) is 35.3 Å². The van der Waals surface area contributed by atoms with E-state index in [-0.39, 0.29) is 6.10 Å². The highest BCUT2D eigenvalue weighted by Gasteiger charge is 2.08. The Morgan fingerprint density at radius 1 is 1.04 bits per heavy atom. The Morgan fingerprint density at radius 2 is 1.71 bits per heavy atom. The van der Waals surface area contributed by atoms with Crippen molar-refractivity contribution in [3.63, 3.8) is 0 Å². The van der Waals surface area contributed by atoms with Crippen LogP contribution in [0.4, 0.5) is 5.69 Å². The van der Waals surface area contributed by atoms with Crippen molar-refractivity contribution < 1.29 is 19.0 Å². The van der Waals surface area contributed by atoms with E-state index >= 15 is 0 Å². The van der Waals surface area contributed by atoms with Gasteiger partial charge in [0.25, 0.3) is 0 Å². The fourth-order valence-corrected chi connectivity index (χ4v) is 2.41. The van der Waals surface area contributed by atoms with Crippen LogP contribution >= 0.6 is 31.9 Å². The van der Waals surface area contributed by atoms with Crippen molar-refractivity contribution in [3.8, 4) is 23.0 Å². The minimum atomic E-state index is 0.128. The van der Waals surface area contributed by atoms with Gasteiger partial charge in [0.15, 0.2) is 0 Å². The van der Waals surface area contributed by atoms with Crippen LogP contribution in [-0.2, 0) is 4.84 Å². The van der Waals surface area contributed by atoms with Crippen molar-refractivity contribution in [1.29, 1.82) is 0 Å². The Hall–Kier alpha value is -1.96. The second-order valence-electron chi connectivity index (χ2n) is 5.90. The maximum Gasteiger partial charge on any atom is 0.145 e. The Morgan fingerprint density at radius 3 is 2.36 bits per heavy atom. The first-order chi connectivity index (χ1) is 13.5. The second kappa shape index (κ2) is 11.8. The van der Waals surface area contributed by atoms with E-state index in [0.717, 1.165) is 9.14 Å². The second-order valence-corrected chi connectivity index (χ2v) is 8.68. The van der Waals surface area contributed by atoms with E-state index in [4.69, 9.17) is 19.0 Å². The molecule has 0 spiro atoms. The molecule has 2 rings (SSSR count). The molecule has 0 heterocycles. The van der Waals surface area contributed by atoms with Crippen molar-refractivity contribution >= 4 is 37.5 Å². The maximum absolute atomic E-state index is 5.93. The molecule has 0 saturated heterocycles. The molecule has 0 bridgehead atoms. The third-order valence-electron chi connectivity index (χ3n) is 3.24. The lowest BCUT2D eigenvalue weighted by molar-refractivity contribution is 0.225. The van der Waals surface area contributed by atoms with Crippen LogP contribution in [0.2, 0.25) is 0 Å². The lowest BCUT2D eigenvalue weighted by Crippen LogP contribution is -2.05. The smallest absolute Gasteiger partial charge is 0.145 e. The van der Waals surface area contributed by atoms with E-state index in [9.17, 15) is 0 Å². The molecule has 0 unspecified atom stereocenters. The highest BCUT2D eigenvalue weighted by molar-refractivity contribution is 9.28. The highest BCUT2D eigenvalue weighted by Crippen LogP contribution is 2.32. The van der Waals surface area contributed by atoms with E-state index in [1.54, 1.807) is 6.08 Å². The quantitative estimate of drug-likeness (QED) is 0.203. The molecule has 0 aromatic heterocycles. The van der Waals surface area contributed by atoms with Crippen molar-refractivity contribution in [1.82, 2.24) is 0 Å². The van der Waals surface area contributed by atoms with E-state index < -0.39 is 0 Å². The summed E-state index contributed by atoms with van der Waals surface area (Å²) in [5.74, 6) is 2.78. The molecule has 5 nitrogen and oxygen atoms in total. The van der Waals surface area contributed by atoms with Gasteiger partial charge < -0.3 is 14.2 Å². The third kappa shape index (κ3) is 7.96. The number of hydrogen-bond acceptors (Lipinski definition) is 5. The summed E-state index contributed by atoms with van der Waals surface area (Å²) >= 11 is 6.60. The predicted molar refractivity (Wildman–Crippen MR) is 120 cm³/mol. The highest BCUT2D eigenvalue weighted by atomic mass is 79.9. The fourth-order valence-electron chi connectivity index (χ4n) is 2.15. The van der Waals surface area contributed by atoms with Crippen LogP contribution in [0.5, 0.6) is 23.0 Å². The van der Waals surface area contributed by atoms with Gasteiger partial charge >= 0.3 is 0 Å². The van der Waals surface area contributed by atoms with Crippen molar-refractivity contribution in [2.24, 2.45) is 0 Å². The van der Waals surface area contributed by atoms with Gasteiger partial charge in [0.05, 0.1) is 16.1 Å². The molecule has 0 atom stereocenters. The Balaban J connectivity index is 2.11. The minimum absolute atomic E-state index is 0.128. The molecule has 0 saturated carbocycles. The molecule has 7 heteroatoms. The Kier molecular flexibility index (Phi) is 9.40. The molecular weight excluding hydrogens is 490 g/mol. The van der Waals surface area contributed by atoms with Gasteiger partial charge in [-0.25, -0.2) is 0 Å². The zero-order valence-electron chi connectivity index (χ0n) is 15.8. The van der Waals surface area contributed by atoms with E-state index in [2.05, 4.69) is 43.9 Å². The van der Waals surface area contributed by atoms with Gasteiger partial charge in [-0.15, -0.1) is 6.58 Å². The molecule has 0 aliphatic carbocycles. The summed E-state index contributed by atoms with van der Waals surface area (Å²) in [5.41, 5.74) is 3.52. The minimum Gasteiger partial charge on any atom is -0.491 e. The average Bonchev–Trinajstić information content (AvgIpc) is 2.64. The Labute approximate surface area is 182 Å². The van der Waals surface area contributed by atoms with Crippen LogP contribution in [0.3, 0.4) is 0 Å². The molecule has 0 radical (unpaired) electrons. The molecular formula is C21H23Br2NO4. The van der Waals surface area contributed by atoms with Crippen molar-refractivity contribution in [2.45, 2.75) is 20.0 Å². The Bertz CT molecular complexity index is 787. The van der Waals surface area contributed by atoms with Crippen LogP contribution in [0.25, 0.3) is 0 Å². The number of anilines is 1. The molecule has 0 aliphatic heterocycles. The van der Waals surface area contributed by atoms with Crippen molar-refractivity contribution in [3.05, 3.63) is 64.6 Å². The predicted octanol–water partition coefficient (Wildman–Crippen LogP) is 6.81. The number of ether oxygens (including phenoxy) is 3. The maximum atomic E-state index is 5.93. The van der Waals surface area contributed by atoms with Crippen LogP contribution in [0, 0.1) is 0 Å². The average molecular weight is 513 g/mol. The summed E-state index contributed by atoms with van der Waals surface area (Å²) in [6.45, 7) is 8.36. The number of nitrogens with one attached hydrogen (secondary N) is 1. The SMILES string of the molecule is C=CCONc1cc(Oc2ccc(OC(C)C)cc2)ccc1OCC=C(Br)Br. The van der Waals surface area contributed by atoms with Gasteiger partial charge in [-0.05, 0) is 88.2 Å². The van der Waals surface area contributed by atoms with Gasteiger partial charge in [-0.3, -0.25) is 10.3 Å². The molecule has 1 N–H and O–H groups in total. The van der Waals surface area contributed by atoms with Gasteiger partial charge in [-0.2, -0.15) is 0 Å². The molecule has 2 aromatic rings. The molecule has 2 aromatic carbocycles. The van der Waals surface area contributed by atoms with Crippen LogP contribution in [0.1, 0.15) is 13.8 Å². The fraction of sp³-hybridized carbons (Fsp3) is 0.238. The number of halogens is 2. The number of rotatable bonds is 11. The lowest BCUT2D eigenvalue weighted by Gasteiger charge is -2.14. The van der Waals surface area contributed by atoms with E-state index in [1.807, 2.05) is 62.4 Å². The zero-order chi connectivity index (χ0) is 20.4. The first-order valence-electron chi connectivity index (χ1n) is 8.69. The van der Waals surface area contributed by atoms with Crippen LogP contribution in [0.15, 0.2) is 64.6 Å². The van der Waals surface area contributed by atoms with E-state index in [1.165, 1.54) is 0 Å². The van der Waals surface area contributed by atoms with Gasteiger partial charge in [0, 0.05) is 6.07 Å². The monoisotopic (exact) mass is 511 g/mol. The number of hydrogen-bond donors (Lipinski definition) is 1. The number of benzene rings is 2. The topological polar surface area (TPSA) is 49.0 Å². The standard InChI is InChI=1S/C21H23Br2NO4/c1-4-12-26-24-19-14-18(9-10-20(19)25-13-11-21(22)23)28-17-7-5-16(6-8-17)27-15(2)3/h4-11,14-15,24H,1,12-13H2,2-3H3. The summed E-state index contributed by atoms with van der Waals surface area (Å²) in [5, 5.41) is 0. The van der Waals surface area contributed by atoms with Gasteiger partial charge in [-0.1, -0.05) is 6.08 Å². The third-order valence-corrected chi connectivity index (χ3v) is 3.89. The lowest BCUT2D eigenvalue weighted by atomic mass is 10.2. The summed E-state index contributed by atoms with van der Waals surface area (Å²) in [6.07, 6.45) is 3.63. The van der Waals surface area contributed by atoms with Crippen LogP contribution < -0.4 is 19.7 Å². The van der Waals surface area contributed by atoms with Crippen molar-refractivity contribution in [2.75, 3.05) is 18.7 Å². The molecule has 150 valence electrons. The largest absolute Gasteiger partial charge is 0.491 e. The molecule has 0 fully saturated rings. The van der Waals surface area contributed by atoms with E-state index in [0.29, 0.717) is 36.1 Å². The summed E-state index contributed by atoms with van der Waals surface area (Å²) in [4.78, 5) is 5.34. The zero-order valence-corrected chi connectivity index (χ0v) is 19.0. The summed E-state index contributed by atoms with van der Waals surface area (Å²) < 4.78 is 18.2. The van der Waals surface area contributed by atoms with Gasteiger partial charge in [0.2, 0.25) is 0 Å². The van der Waals surface area contributed by atoms with Crippen LogP contribution in [-0.4, -0.2) is 19.3 Å². The summed E-state index contributed by atoms with van der Waals surface area (Å²) in [7, 11) is 0.